The summed E-state index contributed by atoms with van der Waals surface area (Å²) in [4.78, 5) is 0. The average molecular weight is 117 g/mol. The molecule has 3 N–H and O–H groups in total. The summed E-state index contributed by atoms with van der Waals surface area (Å²) in [5.74, 6) is 5.45. The Hall–Kier alpha value is -0.120. The summed E-state index contributed by atoms with van der Waals surface area (Å²) in [5.41, 5.74) is 0. The molecule has 0 amide bonds. The standard InChI is InChI=1S/C5H15N3/c1-3-8(6)5-4-7-2/h7H,3-6H2,1-2H3. The number of hydrogen-bond acceptors (Lipinski definition) is 3. The van der Waals surface area contributed by atoms with Crippen molar-refractivity contribution in [3.05, 3.63) is 0 Å². The number of hydrazine groups is 1. The zero-order valence-electron chi connectivity index (χ0n) is 5.65. The first-order chi connectivity index (χ1) is 3.81. The van der Waals surface area contributed by atoms with Crippen molar-refractivity contribution in [2.24, 2.45) is 5.84 Å². The molecule has 0 aromatic carbocycles. The molecule has 0 aromatic heterocycles. The van der Waals surface area contributed by atoms with E-state index in [1.165, 1.54) is 0 Å². The number of nitrogens with two attached hydrogens (primary N) is 1. The van der Waals surface area contributed by atoms with Crippen molar-refractivity contribution < 1.29 is 0 Å². The van der Waals surface area contributed by atoms with Gasteiger partial charge in [-0.05, 0) is 7.05 Å². The Labute approximate surface area is 50.8 Å². The van der Waals surface area contributed by atoms with Gasteiger partial charge >= 0.3 is 0 Å². The molecule has 0 radical (unpaired) electrons. The summed E-state index contributed by atoms with van der Waals surface area (Å²) < 4.78 is 0. The Morgan fingerprint density at radius 3 is 2.62 bits per heavy atom. The fraction of sp³-hybridized carbons (Fsp3) is 1.00. The lowest BCUT2D eigenvalue weighted by Crippen LogP contribution is -2.36. The third kappa shape index (κ3) is 4.05. The minimum absolute atomic E-state index is 0.918. The van der Waals surface area contributed by atoms with Crippen LogP contribution in [0.4, 0.5) is 0 Å². The van der Waals surface area contributed by atoms with Crippen LogP contribution in [0.3, 0.4) is 0 Å². The third-order valence-electron chi connectivity index (χ3n) is 1.06. The molecule has 0 aliphatic carbocycles. The molecular weight excluding hydrogens is 102 g/mol. The van der Waals surface area contributed by atoms with Crippen molar-refractivity contribution in [2.75, 3.05) is 26.7 Å². The lowest BCUT2D eigenvalue weighted by Gasteiger charge is -2.11. The van der Waals surface area contributed by atoms with E-state index in [4.69, 9.17) is 5.84 Å². The van der Waals surface area contributed by atoms with Gasteiger partial charge in [0.25, 0.3) is 0 Å². The van der Waals surface area contributed by atoms with Crippen LogP contribution in [-0.2, 0) is 0 Å². The van der Waals surface area contributed by atoms with Crippen LogP contribution in [0.25, 0.3) is 0 Å². The molecule has 0 heterocycles. The van der Waals surface area contributed by atoms with E-state index in [-0.39, 0.29) is 0 Å². The normalized spacial score (nSPS) is 10.5. The maximum absolute atomic E-state index is 5.45. The second-order valence-corrected chi connectivity index (χ2v) is 1.73. The second kappa shape index (κ2) is 5.03. The molecule has 0 aliphatic rings. The average Bonchev–Trinajstić information content (AvgIpc) is 1.83. The van der Waals surface area contributed by atoms with Crippen LogP contribution in [0.5, 0.6) is 0 Å². The van der Waals surface area contributed by atoms with Crippen molar-refractivity contribution in [2.45, 2.75) is 6.92 Å². The van der Waals surface area contributed by atoms with E-state index in [1.54, 1.807) is 5.01 Å². The van der Waals surface area contributed by atoms with E-state index in [1.807, 2.05) is 14.0 Å². The molecule has 0 saturated carbocycles. The summed E-state index contributed by atoms with van der Waals surface area (Å²) in [6.07, 6.45) is 0. The molecule has 0 aromatic rings. The van der Waals surface area contributed by atoms with Gasteiger partial charge < -0.3 is 5.32 Å². The van der Waals surface area contributed by atoms with Gasteiger partial charge in [-0.3, -0.25) is 5.84 Å². The van der Waals surface area contributed by atoms with Gasteiger partial charge in [0.05, 0.1) is 0 Å². The van der Waals surface area contributed by atoms with Gasteiger partial charge in [-0.2, -0.15) is 0 Å². The zero-order chi connectivity index (χ0) is 6.41. The maximum atomic E-state index is 5.45. The summed E-state index contributed by atoms with van der Waals surface area (Å²) in [6.45, 7) is 4.84. The Morgan fingerprint density at radius 1 is 1.62 bits per heavy atom. The van der Waals surface area contributed by atoms with Gasteiger partial charge in [0.1, 0.15) is 0 Å². The summed E-state index contributed by atoms with van der Waals surface area (Å²) in [7, 11) is 1.92. The summed E-state index contributed by atoms with van der Waals surface area (Å²) >= 11 is 0. The minimum atomic E-state index is 0.918. The SMILES string of the molecule is CCN(N)CCNC. The fourth-order valence-corrected chi connectivity index (χ4v) is 0.414. The molecule has 0 bridgehead atoms. The quantitative estimate of drug-likeness (QED) is 0.382. The summed E-state index contributed by atoms with van der Waals surface area (Å²) in [5, 5.41) is 4.79. The van der Waals surface area contributed by atoms with Crippen LogP contribution in [-0.4, -0.2) is 31.7 Å². The maximum Gasteiger partial charge on any atom is 0.0253 e. The lowest BCUT2D eigenvalue weighted by atomic mass is 10.6. The highest BCUT2D eigenvalue weighted by atomic mass is 15.4. The topological polar surface area (TPSA) is 41.3 Å². The highest BCUT2D eigenvalue weighted by Crippen LogP contribution is 1.70. The minimum Gasteiger partial charge on any atom is -0.318 e. The zero-order valence-corrected chi connectivity index (χ0v) is 5.65. The molecule has 50 valence electrons. The van der Waals surface area contributed by atoms with Crippen LogP contribution in [0.15, 0.2) is 0 Å². The van der Waals surface area contributed by atoms with E-state index in [0.717, 1.165) is 19.6 Å². The third-order valence-corrected chi connectivity index (χ3v) is 1.06. The van der Waals surface area contributed by atoms with Crippen LogP contribution in [0, 0.1) is 0 Å². The molecule has 0 unspecified atom stereocenters. The van der Waals surface area contributed by atoms with Crippen molar-refractivity contribution in [3.8, 4) is 0 Å². The Kier molecular flexibility index (Phi) is 4.95. The second-order valence-electron chi connectivity index (χ2n) is 1.73. The molecule has 0 fully saturated rings. The van der Waals surface area contributed by atoms with Crippen molar-refractivity contribution in [1.82, 2.24) is 10.3 Å². The number of likely N-dealkylation sites (N-methyl/N-ethyl adjacent to an activating group) is 2. The van der Waals surface area contributed by atoms with Crippen molar-refractivity contribution >= 4 is 0 Å². The Balaban J connectivity index is 2.86. The number of nitrogens with one attached hydrogen (secondary N) is 1. The first-order valence-corrected chi connectivity index (χ1v) is 2.95. The predicted octanol–water partition coefficient (Wildman–Crippen LogP) is -0.599. The van der Waals surface area contributed by atoms with Gasteiger partial charge in [0.15, 0.2) is 0 Å². The van der Waals surface area contributed by atoms with Crippen LogP contribution in [0.1, 0.15) is 6.92 Å². The van der Waals surface area contributed by atoms with Crippen molar-refractivity contribution in [3.63, 3.8) is 0 Å². The van der Waals surface area contributed by atoms with E-state index < -0.39 is 0 Å². The van der Waals surface area contributed by atoms with Gasteiger partial charge in [-0.15, -0.1) is 0 Å². The Morgan fingerprint density at radius 2 is 2.25 bits per heavy atom. The van der Waals surface area contributed by atoms with E-state index in [0.29, 0.717) is 0 Å². The first kappa shape index (κ1) is 7.88. The predicted molar refractivity (Wildman–Crippen MR) is 35.4 cm³/mol. The molecule has 0 spiro atoms. The van der Waals surface area contributed by atoms with Gasteiger partial charge in [-0.1, -0.05) is 6.92 Å². The van der Waals surface area contributed by atoms with Gasteiger partial charge in [-0.25, -0.2) is 5.01 Å². The highest BCUT2D eigenvalue weighted by molar-refractivity contribution is 4.45. The first-order valence-electron chi connectivity index (χ1n) is 2.95. The van der Waals surface area contributed by atoms with E-state index >= 15 is 0 Å². The molecule has 3 nitrogen and oxygen atoms in total. The highest BCUT2D eigenvalue weighted by Gasteiger charge is 1.89. The molecule has 0 aliphatic heterocycles. The van der Waals surface area contributed by atoms with Gasteiger partial charge in [0.2, 0.25) is 0 Å². The largest absolute Gasteiger partial charge is 0.318 e. The monoisotopic (exact) mass is 117 g/mol. The molecule has 0 saturated heterocycles. The summed E-state index contributed by atoms with van der Waals surface area (Å²) in [6, 6.07) is 0. The van der Waals surface area contributed by atoms with Gasteiger partial charge in [0, 0.05) is 19.6 Å². The van der Waals surface area contributed by atoms with Crippen LogP contribution >= 0.6 is 0 Å². The fourth-order valence-electron chi connectivity index (χ4n) is 0.414. The molecular formula is C5H15N3. The smallest absolute Gasteiger partial charge is 0.0253 e. The number of hydrogen-bond donors (Lipinski definition) is 2. The molecule has 3 heteroatoms. The number of rotatable bonds is 4. The lowest BCUT2D eigenvalue weighted by molar-refractivity contribution is 0.301. The molecule has 8 heavy (non-hydrogen) atoms. The Bertz CT molecular complexity index is 46.9. The van der Waals surface area contributed by atoms with E-state index in [2.05, 4.69) is 5.32 Å². The van der Waals surface area contributed by atoms with Crippen LogP contribution in [0.2, 0.25) is 0 Å². The van der Waals surface area contributed by atoms with E-state index in [9.17, 15) is 0 Å². The van der Waals surface area contributed by atoms with Crippen molar-refractivity contribution in [1.29, 1.82) is 0 Å². The number of nitrogens with zero attached hydrogens (tertiary/aromatic N) is 1. The molecule has 0 rings (SSSR count). The van der Waals surface area contributed by atoms with Crippen LogP contribution < -0.4 is 11.2 Å². The molecule has 0 atom stereocenters.